The number of benzene rings is 2. The smallest absolute Gasteiger partial charge is 0.417 e. The van der Waals surface area contributed by atoms with E-state index in [1.165, 1.54) is 12.0 Å². The van der Waals surface area contributed by atoms with Crippen LogP contribution in [0.25, 0.3) is 10.9 Å². The molecule has 1 aliphatic carbocycles. The lowest BCUT2D eigenvalue weighted by Gasteiger charge is -2.60. The normalized spacial score (nSPS) is 37.1. The van der Waals surface area contributed by atoms with Crippen molar-refractivity contribution in [2.75, 3.05) is 71.3 Å². The number of hydrogen-bond donors (Lipinski definition) is 2. The molecule has 3 saturated heterocycles. The van der Waals surface area contributed by atoms with E-state index in [0.29, 0.717) is 50.0 Å². The molecular formula is C46H56ClN5O7. The van der Waals surface area contributed by atoms with Gasteiger partial charge < -0.3 is 29.2 Å². The third kappa shape index (κ3) is 5.03. The van der Waals surface area contributed by atoms with E-state index in [1.54, 1.807) is 7.11 Å². The van der Waals surface area contributed by atoms with Gasteiger partial charge in [0.15, 0.2) is 0 Å². The maximum atomic E-state index is 15.4. The molecule has 10 rings (SSSR count). The van der Waals surface area contributed by atoms with Gasteiger partial charge in [0.1, 0.15) is 11.2 Å². The van der Waals surface area contributed by atoms with Crippen molar-refractivity contribution >= 4 is 46.2 Å². The zero-order valence-electron chi connectivity index (χ0n) is 34.8. The maximum absolute atomic E-state index is 15.4. The number of nitrogens with zero attached hydrogens (tertiary/aromatic N) is 4. The quantitative estimate of drug-likeness (QED) is 0.179. The lowest BCUT2D eigenvalue weighted by Crippen LogP contribution is -2.74. The molecule has 9 atom stereocenters. The van der Waals surface area contributed by atoms with E-state index < -0.39 is 45.6 Å². The highest BCUT2D eigenvalue weighted by Crippen LogP contribution is 2.69. The van der Waals surface area contributed by atoms with E-state index >= 15 is 4.79 Å². The van der Waals surface area contributed by atoms with Crippen LogP contribution in [0.4, 0.5) is 10.5 Å². The summed E-state index contributed by atoms with van der Waals surface area (Å²) in [6.45, 7) is 7.93. The fourth-order valence-electron chi connectivity index (χ4n) is 13.9. The lowest BCUT2D eigenvalue weighted by atomic mass is 9.49. The number of rotatable bonds is 7. The molecule has 7 heterocycles. The number of hydrogen-bond acceptors (Lipinski definition) is 10. The number of nitrogens with one attached hydrogen (secondary N) is 1. The van der Waals surface area contributed by atoms with Crippen molar-refractivity contribution in [1.29, 1.82) is 0 Å². The largest absolute Gasteiger partial charge is 0.496 e. The van der Waals surface area contributed by atoms with E-state index in [9.17, 15) is 14.7 Å². The average molecular weight is 826 g/mol. The number of aliphatic hydroxyl groups is 1. The number of halogens is 1. The number of para-hydroxylation sites is 1. The number of anilines is 1. The number of carbonyl (C=O) groups is 3. The number of alkyl halides is 1. The molecule has 3 aromatic rings. The Balaban J connectivity index is 1.26. The molecule has 2 amide bonds. The van der Waals surface area contributed by atoms with E-state index in [-0.39, 0.29) is 30.3 Å². The minimum atomic E-state index is -1.48. The second kappa shape index (κ2) is 13.4. The Morgan fingerprint density at radius 2 is 1.88 bits per heavy atom. The molecule has 4 fully saturated rings. The first-order valence-electron chi connectivity index (χ1n) is 21.5. The van der Waals surface area contributed by atoms with Gasteiger partial charge in [0.2, 0.25) is 5.60 Å². The van der Waals surface area contributed by atoms with Gasteiger partial charge in [0, 0.05) is 103 Å². The van der Waals surface area contributed by atoms with E-state index in [2.05, 4.69) is 57.0 Å². The number of methoxy groups -OCH3 is 2. The summed E-state index contributed by atoms with van der Waals surface area (Å²) in [6, 6.07) is 11.9. The Hall–Kier alpha value is -4.10. The van der Waals surface area contributed by atoms with Gasteiger partial charge in [0.05, 0.1) is 25.9 Å². The molecule has 12 nitrogen and oxygen atoms in total. The summed E-state index contributed by atoms with van der Waals surface area (Å²) in [5, 5.41) is 13.1. The van der Waals surface area contributed by atoms with Crippen molar-refractivity contribution < 1.29 is 33.7 Å². The SMILES string of the molecule is CC[C@]1(O)C[C@H]2CN(CCc3c([nH]c4ccccc34)[C@@](C(=O)OC)(c3cc4c(cc3OC)N(C)[C@@H]3[C@]45CCN4CC=C[C@@](CC)(C[C@@]36OC(=O)N(CCCl)C6=O)[C@H]45)C2)C1. The van der Waals surface area contributed by atoms with Crippen molar-refractivity contribution in [3.63, 3.8) is 0 Å². The van der Waals surface area contributed by atoms with Crippen LogP contribution in [0.3, 0.4) is 0 Å². The third-order valence-corrected chi connectivity index (χ3v) is 16.2. The molecule has 2 bridgehead atoms. The molecule has 1 unspecified atom stereocenters. The van der Waals surface area contributed by atoms with Crippen LogP contribution in [0.1, 0.15) is 74.8 Å². The highest BCUT2D eigenvalue weighted by molar-refractivity contribution is 6.18. The van der Waals surface area contributed by atoms with Gasteiger partial charge in [-0.1, -0.05) is 44.2 Å². The van der Waals surface area contributed by atoms with Crippen molar-refractivity contribution in [1.82, 2.24) is 19.7 Å². The topological polar surface area (TPSA) is 128 Å². The first-order chi connectivity index (χ1) is 28.4. The summed E-state index contributed by atoms with van der Waals surface area (Å²) >= 11 is 6.20. The van der Waals surface area contributed by atoms with Gasteiger partial charge in [-0.05, 0) is 74.2 Å². The molecule has 2 N–H and O–H groups in total. The molecular weight excluding hydrogens is 770 g/mol. The molecule has 13 heteroatoms. The molecule has 2 spiro atoms. The molecule has 314 valence electrons. The van der Waals surface area contributed by atoms with E-state index in [4.69, 9.17) is 25.8 Å². The van der Waals surface area contributed by atoms with Gasteiger partial charge in [0.25, 0.3) is 5.91 Å². The summed E-state index contributed by atoms with van der Waals surface area (Å²) in [7, 11) is 5.13. The van der Waals surface area contributed by atoms with Crippen LogP contribution >= 0.6 is 11.6 Å². The zero-order valence-corrected chi connectivity index (χ0v) is 35.6. The first-order valence-corrected chi connectivity index (χ1v) is 22.0. The number of esters is 1. The van der Waals surface area contributed by atoms with Gasteiger partial charge in [-0.15, -0.1) is 11.6 Å². The van der Waals surface area contributed by atoms with Crippen LogP contribution in [0.15, 0.2) is 48.6 Å². The Morgan fingerprint density at radius 3 is 2.63 bits per heavy atom. The Kier molecular flexibility index (Phi) is 8.90. The van der Waals surface area contributed by atoms with Crippen molar-refractivity contribution in [3.05, 3.63) is 70.9 Å². The number of aromatic nitrogens is 1. The van der Waals surface area contributed by atoms with Crippen LogP contribution in [0, 0.1) is 11.3 Å². The predicted octanol–water partition coefficient (Wildman–Crippen LogP) is 5.50. The number of fused-ring (bicyclic) bond motifs is 7. The Bertz CT molecular complexity index is 2300. The number of ether oxygens (including phenoxy) is 3. The predicted molar refractivity (Wildman–Crippen MR) is 224 cm³/mol. The van der Waals surface area contributed by atoms with Gasteiger partial charge in [-0.2, -0.15) is 0 Å². The maximum Gasteiger partial charge on any atom is 0.417 e. The number of carbonyl (C=O) groups excluding carboxylic acids is 3. The zero-order chi connectivity index (χ0) is 41.3. The van der Waals surface area contributed by atoms with Crippen LogP contribution in [0.5, 0.6) is 5.75 Å². The highest BCUT2D eigenvalue weighted by atomic mass is 35.5. The molecule has 59 heavy (non-hydrogen) atoms. The summed E-state index contributed by atoms with van der Waals surface area (Å²) < 4.78 is 18.9. The highest BCUT2D eigenvalue weighted by Gasteiger charge is 2.79. The second-order valence-corrected chi connectivity index (χ2v) is 19.0. The molecule has 2 aromatic carbocycles. The van der Waals surface area contributed by atoms with Crippen LogP contribution in [-0.4, -0.2) is 132 Å². The Labute approximate surface area is 350 Å². The molecule has 6 aliphatic heterocycles. The number of amides is 2. The summed E-state index contributed by atoms with van der Waals surface area (Å²) in [4.78, 5) is 56.2. The van der Waals surface area contributed by atoms with Crippen LogP contribution in [-0.2, 0) is 36.3 Å². The molecule has 1 saturated carbocycles. The summed E-state index contributed by atoms with van der Waals surface area (Å²) in [5.74, 6) is -0.143. The minimum Gasteiger partial charge on any atom is -0.496 e. The van der Waals surface area contributed by atoms with E-state index in [0.717, 1.165) is 72.4 Å². The minimum absolute atomic E-state index is 0.0103. The van der Waals surface area contributed by atoms with Crippen LogP contribution in [0.2, 0.25) is 0 Å². The third-order valence-electron chi connectivity index (χ3n) is 16.0. The number of piperidine rings is 1. The lowest BCUT2D eigenvalue weighted by molar-refractivity contribution is -0.152. The van der Waals surface area contributed by atoms with E-state index in [1.807, 2.05) is 32.2 Å². The number of H-pyrrole nitrogens is 1. The van der Waals surface area contributed by atoms with Gasteiger partial charge in [-0.3, -0.25) is 19.4 Å². The number of aromatic amines is 1. The number of imide groups is 1. The van der Waals surface area contributed by atoms with Gasteiger partial charge >= 0.3 is 12.1 Å². The average Bonchev–Trinajstić information content (AvgIpc) is 3.95. The fraction of sp³-hybridized carbons (Fsp3) is 0.587. The molecule has 0 radical (unpaired) electrons. The number of likely N-dealkylation sites (N-methyl/N-ethyl adjacent to an activating group) is 1. The fourth-order valence-corrected chi connectivity index (χ4v) is 14.1. The first kappa shape index (κ1) is 39.1. The second-order valence-electron chi connectivity index (χ2n) is 18.6. The molecule has 7 aliphatic rings. The van der Waals surface area contributed by atoms with Crippen molar-refractivity contribution in [2.24, 2.45) is 11.3 Å². The van der Waals surface area contributed by atoms with Gasteiger partial charge in [-0.25, -0.2) is 9.69 Å². The van der Waals surface area contributed by atoms with Crippen molar-refractivity contribution in [3.8, 4) is 5.75 Å². The standard InChI is InChI=1S/C46H56ClN5O7/c1-6-42-14-10-17-51-19-15-44(37(42)51)31-21-32(35(57-4)22-34(31)49(3)38(44)46(26-42)39(53)52(20-16-47)41(55)59-46)45(40(54)58-5)24-28-23-43(56,7-2)27-50(25-28)18-13-30-29-11-8-9-12-33(29)48-36(30)45/h8-12,14,21-22,28,37-38,48,56H,6-7,13,15-20,23-27H2,1-5H3/t28-,37+,38-,42+,43+,44-,45+,46-/m1/s1. The summed E-state index contributed by atoms with van der Waals surface area (Å²) in [6.07, 6.45) is 7.89. The Morgan fingerprint density at radius 1 is 1.07 bits per heavy atom. The monoisotopic (exact) mass is 825 g/mol. The molecule has 1 aromatic heterocycles. The van der Waals surface area contributed by atoms with Crippen LogP contribution < -0.4 is 9.64 Å². The van der Waals surface area contributed by atoms with Crippen molar-refractivity contribution in [2.45, 2.75) is 92.9 Å². The summed E-state index contributed by atoms with van der Waals surface area (Å²) in [5.41, 5.74) is 0.507.